The molecule has 3 nitrogen and oxygen atoms in total. The van der Waals surface area contributed by atoms with E-state index in [0.29, 0.717) is 5.75 Å². The predicted octanol–water partition coefficient (Wildman–Crippen LogP) is 2.28. The average Bonchev–Trinajstić information content (AvgIpc) is 2.15. The van der Waals surface area contributed by atoms with Gasteiger partial charge in [-0.05, 0) is 31.9 Å². The molecule has 1 rings (SSSR count). The smallest absolute Gasteiger partial charge is 0.356 e. The Kier molecular flexibility index (Phi) is 5.02. The summed E-state index contributed by atoms with van der Waals surface area (Å²) in [5, 5.41) is 0. The van der Waals surface area contributed by atoms with Crippen molar-refractivity contribution in [3.63, 3.8) is 0 Å². The third-order valence-corrected chi connectivity index (χ3v) is 3.08. The molecular formula is C13H18O3S. The third-order valence-electron chi connectivity index (χ3n) is 1.87. The maximum atomic E-state index is 11.7. The highest BCUT2D eigenvalue weighted by Crippen LogP contribution is 2.10. The van der Waals surface area contributed by atoms with Gasteiger partial charge in [0, 0.05) is 5.56 Å². The van der Waals surface area contributed by atoms with Crippen LogP contribution in [0, 0.1) is 0 Å². The van der Waals surface area contributed by atoms with Crippen LogP contribution in [-0.4, -0.2) is 21.9 Å². The van der Waals surface area contributed by atoms with Crippen molar-refractivity contribution < 1.29 is 14.1 Å². The quantitative estimate of drug-likeness (QED) is 0.612. The molecule has 0 aliphatic heterocycles. The fourth-order valence-electron chi connectivity index (χ4n) is 1.31. The first-order chi connectivity index (χ1) is 7.87. The van der Waals surface area contributed by atoms with Gasteiger partial charge in [0.05, 0.1) is 0 Å². The van der Waals surface area contributed by atoms with E-state index in [9.17, 15) is 9.35 Å². The number of hydrogen-bond donors (Lipinski definition) is 0. The molecule has 1 unspecified atom stereocenters. The summed E-state index contributed by atoms with van der Waals surface area (Å²) in [4.78, 5) is 11.4. The molecule has 0 amide bonds. The molecule has 4 heteroatoms. The Labute approximate surface area is 105 Å². The number of ether oxygens (including phenoxy) is 1. The van der Waals surface area contributed by atoms with Gasteiger partial charge in [-0.1, -0.05) is 30.3 Å². The van der Waals surface area contributed by atoms with Gasteiger partial charge in [0.15, 0.2) is 0 Å². The highest BCUT2D eigenvalue weighted by atomic mass is 32.2. The van der Waals surface area contributed by atoms with Crippen molar-refractivity contribution in [3.05, 3.63) is 35.9 Å². The fourth-order valence-corrected chi connectivity index (χ4v) is 2.30. The van der Waals surface area contributed by atoms with Crippen molar-refractivity contribution >= 4 is 17.1 Å². The van der Waals surface area contributed by atoms with Gasteiger partial charge < -0.3 is 9.29 Å². The average molecular weight is 254 g/mol. The van der Waals surface area contributed by atoms with Crippen molar-refractivity contribution in [2.75, 3.05) is 5.75 Å². The molecule has 1 aromatic carbocycles. The molecule has 1 aromatic rings. The first kappa shape index (κ1) is 14.1. The van der Waals surface area contributed by atoms with Crippen molar-refractivity contribution in [1.29, 1.82) is 0 Å². The summed E-state index contributed by atoms with van der Waals surface area (Å²) in [6.07, 6.45) is 0. The minimum absolute atomic E-state index is 0.0494. The van der Waals surface area contributed by atoms with E-state index in [4.69, 9.17) is 4.74 Å². The van der Waals surface area contributed by atoms with Crippen LogP contribution in [0.5, 0.6) is 0 Å². The standard InChI is InChI=1S/C13H18O3S/c1-13(2,3)16-12(14)10-17(15)9-11-7-5-4-6-8-11/h4-8H,9-10H2,1-3H3. The number of hydrogen-bond acceptors (Lipinski definition) is 3. The molecule has 0 spiro atoms. The van der Waals surface area contributed by atoms with Crippen LogP contribution in [0.2, 0.25) is 0 Å². The largest absolute Gasteiger partial charge is 0.616 e. The Morgan fingerprint density at radius 1 is 1.29 bits per heavy atom. The fraction of sp³-hybridized carbons (Fsp3) is 0.462. The van der Waals surface area contributed by atoms with Gasteiger partial charge in [0.25, 0.3) is 0 Å². The summed E-state index contributed by atoms with van der Waals surface area (Å²) in [7, 11) is 0. The van der Waals surface area contributed by atoms with Crippen molar-refractivity contribution in [2.45, 2.75) is 32.1 Å². The second-order valence-electron chi connectivity index (χ2n) is 4.80. The molecule has 1 atom stereocenters. The van der Waals surface area contributed by atoms with Crippen LogP contribution in [0.4, 0.5) is 0 Å². The topological polar surface area (TPSA) is 49.4 Å². The van der Waals surface area contributed by atoms with Gasteiger partial charge in [0.1, 0.15) is 11.4 Å². The van der Waals surface area contributed by atoms with E-state index < -0.39 is 22.7 Å². The van der Waals surface area contributed by atoms with Crippen LogP contribution in [0.1, 0.15) is 26.3 Å². The molecule has 0 aromatic heterocycles. The molecular weight excluding hydrogens is 236 g/mol. The molecule has 94 valence electrons. The molecule has 0 fully saturated rings. The van der Waals surface area contributed by atoms with Crippen LogP contribution in [0.15, 0.2) is 30.3 Å². The highest BCUT2D eigenvalue weighted by Gasteiger charge is 2.21. The lowest BCUT2D eigenvalue weighted by Gasteiger charge is -2.20. The zero-order valence-corrected chi connectivity index (χ0v) is 11.3. The second kappa shape index (κ2) is 6.07. The van der Waals surface area contributed by atoms with Crippen LogP contribution in [0.3, 0.4) is 0 Å². The zero-order chi connectivity index (χ0) is 12.9. The van der Waals surface area contributed by atoms with Gasteiger partial charge in [-0.15, -0.1) is 0 Å². The van der Waals surface area contributed by atoms with E-state index in [1.165, 1.54) is 0 Å². The van der Waals surface area contributed by atoms with E-state index >= 15 is 0 Å². The molecule has 0 aliphatic rings. The summed E-state index contributed by atoms with van der Waals surface area (Å²) < 4.78 is 16.8. The monoisotopic (exact) mass is 254 g/mol. The van der Waals surface area contributed by atoms with E-state index in [1.54, 1.807) is 20.8 Å². The van der Waals surface area contributed by atoms with Crippen LogP contribution >= 0.6 is 0 Å². The lowest BCUT2D eigenvalue weighted by molar-refractivity contribution is -0.151. The maximum Gasteiger partial charge on any atom is 0.356 e. The number of carbonyl (C=O) groups excluding carboxylic acids is 1. The van der Waals surface area contributed by atoms with E-state index in [2.05, 4.69) is 0 Å². The molecule has 0 saturated heterocycles. The maximum absolute atomic E-state index is 11.7. The van der Waals surface area contributed by atoms with Gasteiger partial charge in [0.2, 0.25) is 5.75 Å². The SMILES string of the molecule is CC(C)(C)OC(=O)C[S+]([O-])Cc1ccccc1. The minimum atomic E-state index is -1.21. The Hall–Kier alpha value is -1.00. The highest BCUT2D eigenvalue weighted by molar-refractivity contribution is 7.91. The molecule has 17 heavy (non-hydrogen) atoms. The third kappa shape index (κ3) is 6.34. The van der Waals surface area contributed by atoms with Crippen LogP contribution in [0.25, 0.3) is 0 Å². The Balaban J connectivity index is 2.40. The van der Waals surface area contributed by atoms with Crippen LogP contribution < -0.4 is 0 Å². The number of rotatable bonds is 4. The van der Waals surface area contributed by atoms with E-state index in [1.807, 2.05) is 30.3 Å². The summed E-state index contributed by atoms with van der Waals surface area (Å²) in [5.74, 6) is -0.0709. The Morgan fingerprint density at radius 3 is 2.41 bits per heavy atom. The summed E-state index contributed by atoms with van der Waals surface area (Å²) in [6.45, 7) is 5.39. The molecule has 0 N–H and O–H groups in total. The second-order valence-corrected chi connectivity index (χ2v) is 6.26. The lowest BCUT2D eigenvalue weighted by atomic mass is 10.2. The number of benzene rings is 1. The van der Waals surface area contributed by atoms with Gasteiger partial charge in [-0.25, -0.2) is 4.79 Å². The minimum Gasteiger partial charge on any atom is -0.616 e. The molecule has 0 radical (unpaired) electrons. The summed E-state index contributed by atoms with van der Waals surface area (Å²) in [5.41, 5.74) is 0.447. The van der Waals surface area contributed by atoms with Gasteiger partial charge in [-0.3, -0.25) is 0 Å². The lowest BCUT2D eigenvalue weighted by Crippen LogP contribution is -2.29. The van der Waals surface area contributed by atoms with Crippen LogP contribution in [-0.2, 0) is 26.5 Å². The normalized spacial score (nSPS) is 13.2. The van der Waals surface area contributed by atoms with E-state index in [-0.39, 0.29) is 5.75 Å². The molecule has 0 saturated carbocycles. The number of esters is 1. The van der Waals surface area contributed by atoms with Crippen molar-refractivity contribution in [2.24, 2.45) is 0 Å². The summed E-state index contributed by atoms with van der Waals surface area (Å²) >= 11 is -1.21. The number of carbonyl (C=O) groups is 1. The van der Waals surface area contributed by atoms with Crippen molar-refractivity contribution in [1.82, 2.24) is 0 Å². The van der Waals surface area contributed by atoms with E-state index in [0.717, 1.165) is 5.56 Å². The first-order valence-corrected chi connectivity index (χ1v) is 6.96. The first-order valence-electron chi connectivity index (χ1n) is 5.47. The summed E-state index contributed by atoms with van der Waals surface area (Å²) in [6, 6.07) is 9.47. The molecule has 0 heterocycles. The molecule has 0 aliphatic carbocycles. The Bertz CT molecular complexity index is 357. The molecule has 0 bridgehead atoms. The predicted molar refractivity (Wildman–Crippen MR) is 69.0 cm³/mol. The van der Waals surface area contributed by atoms with Crippen molar-refractivity contribution in [3.8, 4) is 0 Å². The van der Waals surface area contributed by atoms with Gasteiger partial charge in [-0.2, -0.15) is 0 Å². The van der Waals surface area contributed by atoms with Gasteiger partial charge >= 0.3 is 5.97 Å². The zero-order valence-electron chi connectivity index (χ0n) is 10.4. The Morgan fingerprint density at radius 2 is 1.88 bits per heavy atom.